The Morgan fingerprint density at radius 3 is 2.40 bits per heavy atom. The third-order valence-corrected chi connectivity index (χ3v) is 5.98. The molecule has 0 aliphatic carbocycles. The molecule has 1 unspecified atom stereocenters. The van der Waals surface area contributed by atoms with E-state index in [4.69, 9.17) is 4.52 Å². The normalized spacial score (nSPS) is 15.9. The molecule has 0 saturated carbocycles. The minimum absolute atomic E-state index is 0.157. The van der Waals surface area contributed by atoms with Crippen molar-refractivity contribution in [2.75, 3.05) is 0 Å². The summed E-state index contributed by atoms with van der Waals surface area (Å²) in [5.74, 6) is -0.484. The number of nitrogens with one attached hydrogen (secondary N) is 1. The van der Waals surface area contributed by atoms with Gasteiger partial charge in [0.05, 0.1) is 18.2 Å². The number of allylic oxidation sites excluding steroid dienone is 1. The highest BCUT2D eigenvalue weighted by Crippen LogP contribution is 2.38. The van der Waals surface area contributed by atoms with E-state index < -0.39 is 17.7 Å². The molecule has 1 N–H and O–H groups in total. The number of nitrogens with zero attached hydrogens (tertiary/aromatic N) is 3. The van der Waals surface area contributed by atoms with Crippen LogP contribution >= 0.6 is 0 Å². The molecule has 0 spiro atoms. The molecule has 4 aromatic rings. The summed E-state index contributed by atoms with van der Waals surface area (Å²) < 4.78 is 33.4. The second kappa shape index (κ2) is 9.13. The van der Waals surface area contributed by atoms with E-state index in [1.807, 2.05) is 31.2 Å². The maximum atomic E-state index is 14.1. The Morgan fingerprint density at radius 1 is 0.971 bits per heavy atom. The summed E-state index contributed by atoms with van der Waals surface area (Å²) in [4.78, 5) is 19.2. The average Bonchev–Trinajstić information content (AvgIpc) is 3.32. The first-order chi connectivity index (χ1) is 16.9. The fourth-order valence-corrected chi connectivity index (χ4v) is 4.14. The van der Waals surface area contributed by atoms with Crippen molar-refractivity contribution in [3.8, 4) is 11.4 Å². The fraction of sp³-hybridized carbons (Fsp3) is 0.148. The zero-order valence-electron chi connectivity index (χ0n) is 19.1. The number of benzene rings is 3. The molecule has 5 rings (SSSR count). The Balaban J connectivity index is 1.60. The molecule has 35 heavy (non-hydrogen) atoms. The van der Waals surface area contributed by atoms with E-state index in [1.165, 1.54) is 24.3 Å². The summed E-state index contributed by atoms with van der Waals surface area (Å²) >= 11 is 0. The van der Waals surface area contributed by atoms with Crippen LogP contribution < -0.4 is 5.32 Å². The molecule has 2 heterocycles. The summed E-state index contributed by atoms with van der Waals surface area (Å²) in [6.45, 7) is 4.11. The van der Waals surface area contributed by atoms with Gasteiger partial charge in [0.2, 0.25) is 5.82 Å². The van der Waals surface area contributed by atoms with Crippen molar-refractivity contribution >= 4 is 11.6 Å². The lowest BCUT2D eigenvalue weighted by atomic mass is 9.94. The molecule has 176 valence electrons. The fourth-order valence-electron chi connectivity index (χ4n) is 4.14. The summed E-state index contributed by atoms with van der Waals surface area (Å²) in [7, 11) is 0. The number of urea groups is 1. The highest BCUT2D eigenvalue weighted by atomic mass is 19.1. The molecule has 3 aromatic carbocycles. The minimum Gasteiger partial charge on any atom is -0.334 e. The SMILES string of the molecule is CC1=C(c2nc(-c3cccc(F)c3)no2)C(c2cccc(F)c2)NC(=O)N1Cc1ccc(C)cc1. The third kappa shape index (κ3) is 4.55. The number of rotatable bonds is 5. The lowest BCUT2D eigenvalue weighted by Crippen LogP contribution is -2.45. The van der Waals surface area contributed by atoms with Crippen LogP contribution in [0.25, 0.3) is 17.0 Å². The predicted molar refractivity (Wildman–Crippen MR) is 127 cm³/mol. The highest BCUT2D eigenvalue weighted by Gasteiger charge is 2.36. The number of carbonyl (C=O) groups excluding carboxylic acids is 1. The lowest BCUT2D eigenvalue weighted by Gasteiger charge is -2.35. The van der Waals surface area contributed by atoms with Gasteiger partial charge in [-0.25, -0.2) is 13.6 Å². The number of aromatic nitrogens is 2. The predicted octanol–water partition coefficient (Wildman–Crippen LogP) is 6.02. The van der Waals surface area contributed by atoms with Crippen LogP contribution in [0.4, 0.5) is 13.6 Å². The molecule has 0 radical (unpaired) electrons. The van der Waals surface area contributed by atoms with Gasteiger partial charge in [-0.1, -0.05) is 59.3 Å². The van der Waals surface area contributed by atoms with Gasteiger partial charge < -0.3 is 9.84 Å². The molecule has 0 bridgehead atoms. The zero-order valence-corrected chi connectivity index (χ0v) is 19.1. The molecule has 1 atom stereocenters. The van der Waals surface area contributed by atoms with Gasteiger partial charge in [0.15, 0.2) is 0 Å². The van der Waals surface area contributed by atoms with Crippen molar-refractivity contribution < 1.29 is 18.1 Å². The van der Waals surface area contributed by atoms with Gasteiger partial charge in [-0.05, 0) is 49.2 Å². The lowest BCUT2D eigenvalue weighted by molar-refractivity contribution is 0.203. The molecule has 6 nitrogen and oxygen atoms in total. The summed E-state index contributed by atoms with van der Waals surface area (Å²) in [6, 6.07) is 18.7. The number of aryl methyl sites for hydroxylation is 1. The van der Waals surface area contributed by atoms with Gasteiger partial charge in [-0.15, -0.1) is 0 Å². The van der Waals surface area contributed by atoms with E-state index in [0.29, 0.717) is 28.9 Å². The van der Waals surface area contributed by atoms with Crippen LogP contribution in [0.15, 0.2) is 83.0 Å². The Labute approximate surface area is 200 Å². The topological polar surface area (TPSA) is 71.3 Å². The van der Waals surface area contributed by atoms with Crippen LogP contribution in [0.3, 0.4) is 0 Å². The largest absolute Gasteiger partial charge is 0.334 e. The summed E-state index contributed by atoms with van der Waals surface area (Å²) in [5.41, 5.74) is 4.19. The molecule has 1 aromatic heterocycles. The van der Waals surface area contributed by atoms with Crippen molar-refractivity contribution in [1.82, 2.24) is 20.4 Å². The quantitative estimate of drug-likeness (QED) is 0.386. The van der Waals surface area contributed by atoms with E-state index in [-0.39, 0.29) is 17.7 Å². The number of hydrogen-bond acceptors (Lipinski definition) is 4. The Bertz CT molecular complexity index is 1430. The average molecular weight is 472 g/mol. The van der Waals surface area contributed by atoms with E-state index in [2.05, 4.69) is 15.5 Å². The van der Waals surface area contributed by atoms with Gasteiger partial charge in [0.1, 0.15) is 11.6 Å². The standard InChI is InChI=1S/C27H22F2N4O2/c1-16-9-11-18(12-10-16)15-33-17(2)23(24(30-27(33)34)19-5-3-7-21(28)13-19)26-31-25(32-35-26)20-6-4-8-22(29)14-20/h3-14,24H,15H2,1-2H3,(H,30,34). The molecule has 0 fully saturated rings. The molecule has 1 aliphatic rings. The van der Waals surface area contributed by atoms with Crippen molar-refractivity contribution in [3.63, 3.8) is 0 Å². The molecular weight excluding hydrogens is 450 g/mol. The van der Waals surface area contributed by atoms with Crippen molar-refractivity contribution in [2.24, 2.45) is 0 Å². The highest BCUT2D eigenvalue weighted by molar-refractivity contribution is 5.86. The first-order valence-electron chi connectivity index (χ1n) is 11.1. The molecular formula is C27H22F2N4O2. The Hall–Kier alpha value is -4.33. The number of halogens is 2. The number of amides is 2. The number of hydrogen-bond donors (Lipinski definition) is 1. The van der Waals surface area contributed by atoms with Crippen LogP contribution in [0, 0.1) is 18.6 Å². The Morgan fingerprint density at radius 2 is 1.69 bits per heavy atom. The smallest absolute Gasteiger partial charge is 0.322 e. The van der Waals surface area contributed by atoms with Gasteiger partial charge in [0, 0.05) is 11.3 Å². The van der Waals surface area contributed by atoms with Gasteiger partial charge in [-0.2, -0.15) is 4.98 Å². The van der Waals surface area contributed by atoms with Gasteiger partial charge >= 0.3 is 6.03 Å². The maximum Gasteiger partial charge on any atom is 0.322 e. The summed E-state index contributed by atoms with van der Waals surface area (Å²) in [5, 5.41) is 6.98. The van der Waals surface area contributed by atoms with Gasteiger partial charge in [-0.3, -0.25) is 4.90 Å². The zero-order chi connectivity index (χ0) is 24.5. The summed E-state index contributed by atoms with van der Waals surface area (Å²) in [6.07, 6.45) is 0. The van der Waals surface area contributed by atoms with E-state index >= 15 is 0 Å². The monoisotopic (exact) mass is 472 g/mol. The molecule has 2 amide bonds. The van der Waals surface area contributed by atoms with Crippen LogP contribution in [0.2, 0.25) is 0 Å². The first kappa shape index (κ1) is 22.5. The number of carbonyl (C=O) groups is 1. The van der Waals surface area contributed by atoms with Gasteiger partial charge in [0.25, 0.3) is 5.89 Å². The molecule has 0 saturated heterocycles. The third-order valence-electron chi connectivity index (χ3n) is 5.98. The second-order valence-corrected chi connectivity index (χ2v) is 8.44. The van der Waals surface area contributed by atoms with Crippen molar-refractivity contribution in [2.45, 2.75) is 26.4 Å². The van der Waals surface area contributed by atoms with Crippen molar-refractivity contribution in [1.29, 1.82) is 0 Å². The minimum atomic E-state index is -0.715. The van der Waals surface area contributed by atoms with E-state index in [9.17, 15) is 13.6 Å². The van der Waals surface area contributed by atoms with Crippen molar-refractivity contribution in [3.05, 3.63) is 113 Å². The van der Waals surface area contributed by atoms with Crippen LogP contribution in [0.5, 0.6) is 0 Å². The molecule has 8 heteroatoms. The van der Waals surface area contributed by atoms with Crippen LogP contribution in [0.1, 0.15) is 35.5 Å². The molecule has 1 aliphatic heterocycles. The maximum absolute atomic E-state index is 14.1. The Kier molecular flexibility index (Phi) is 5.86. The van der Waals surface area contributed by atoms with E-state index in [1.54, 1.807) is 36.1 Å². The second-order valence-electron chi connectivity index (χ2n) is 8.44. The van der Waals surface area contributed by atoms with Crippen LogP contribution in [-0.2, 0) is 6.54 Å². The van der Waals surface area contributed by atoms with E-state index in [0.717, 1.165) is 11.1 Å². The van der Waals surface area contributed by atoms with Crippen LogP contribution in [-0.4, -0.2) is 21.1 Å². The first-order valence-corrected chi connectivity index (χ1v) is 11.1.